The van der Waals surface area contributed by atoms with Crippen LogP contribution in [0.5, 0.6) is 0 Å². The number of aliphatic hydroxyl groups excluding tert-OH is 2. The first-order valence-electron chi connectivity index (χ1n) is 35.2. The van der Waals surface area contributed by atoms with E-state index in [1.807, 2.05) is 34.6 Å². The van der Waals surface area contributed by atoms with E-state index >= 15 is 0 Å². The first-order chi connectivity index (χ1) is 41.0. The second-order valence-corrected chi connectivity index (χ2v) is 32.9. The van der Waals surface area contributed by atoms with Gasteiger partial charge < -0.3 is 38.6 Å². The number of rotatable bonds is 17. The van der Waals surface area contributed by atoms with Crippen molar-refractivity contribution in [2.45, 2.75) is 237 Å². The average Bonchev–Trinajstić information content (AvgIpc) is 1.40. The zero-order valence-corrected chi connectivity index (χ0v) is 56.7. The second-order valence-electron chi connectivity index (χ2n) is 32.9. The van der Waals surface area contributed by atoms with Crippen molar-refractivity contribution < 1.29 is 67.4 Å². The lowest BCUT2D eigenvalue weighted by molar-refractivity contribution is -0.171. The Kier molecular flexibility index (Phi) is 21.1. The Balaban J connectivity index is 0.000000165. The Morgan fingerprint density at radius 2 is 1.41 bits per heavy atom. The van der Waals surface area contributed by atoms with Crippen molar-refractivity contribution in [1.82, 2.24) is 0 Å². The van der Waals surface area contributed by atoms with Crippen LogP contribution in [0.25, 0.3) is 0 Å². The van der Waals surface area contributed by atoms with Gasteiger partial charge in [0.15, 0.2) is 6.79 Å². The summed E-state index contributed by atoms with van der Waals surface area (Å²) in [5.74, 6) is 7.94. The van der Waals surface area contributed by atoms with Gasteiger partial charge in [0.2, 0.25) is 0 Å². The molecule has 1 saturated heterocycles. The quantitative estimate of drug-likeness (QED) is 0.0603. The van der Waals surface area contributed by atoms with Gasteiger partial charge in [-0.3, -0.25) is 28.8 Å². The molecule has 11 aliphatic rings. The Bertz CT molecular complexity index is 2450. The minimum atomic E-state index is -0.669. The van der Waals surface area contributed by atoms with Crippen molar-refractivity contribution >= 4 is 35.8 Å². The highest BCUT2D eigenvalue weighted by molar-refractivity contribution is 5.96. The SMILES string of the molecule is CCC1(C)C2CCC(C2)C1C1C(=O)OC(=O)C1C.CCOC(=O)CC[C@@H](C)[C@H]1CCC2[C@@H]3[C@H](C)C[C@@H]4C[C@H](O)CC[C@]4(C)[C@H]3C[C@H](C)[C@@]21C.COCOC(=O)C1C2CC(C(C)C2CCC2C(C)C3CC(C(O)CC(=O)OC(C)(C)C)C2C3)C1C(=O)OC. The zero-order valence-electron chi connectivity index (χ0n) is 56.7. The van der Waals surface area contributed by atoms with Crippen LogP contribution in [-0.4, -0.2) is 91.5 Å². The summed E-state index contributed by atoms with van der Waals surface area (Å²) < 4.78 is 30.9. The first-order valence-corrected chi connectivity index (χ1v) is 35.2. The number of methoxy groups -OCH3 is 2. The van der Waals surface area contributed by atoms with Crippen molar-refractivity contribution in [3.05, 3.63) is 0 Å². The zero-order chi connectivity index (χ0) is 63.6. The molecule has 1 heterocycles. The highest BCUT2D eigenvalue weighted by atomic mass is 16.7. The lowest BCUT2D eigenvalue weighted by Gasteiger charge is -2.64. The Labute approximate surface area is 523 Å². The molecule has 6 bridgehead atoms. The molecule has 494 valence electrons. The van der Waals surface area contributed by atoms with E-state index in [4.69, 9.17) is 28.4 Å². The van der Waals surface area contributed by atoms with Gasteiger partial charge in [-0.25, -0.2) is 0 Å². The molecule has 29 atom stereocenters. The minimum absolute atomic E-state index is 0.0230. The first kappa shape index (κ1) is 68.3. The standard InChI is InChI=1S/C30H48O8.C28H48O3.C15H22O3/c1-15-17-10-21(22(11-17)24(31)13-25(32)38-30(3,4)5)18(15)8-9-19-16(2)20-12-23(19)27(26(20)28(33)36-7)29(34)37-14-35-6;1-7-31-25(30)11-8-17(2)22-9-10-23-26-18(3)14-20-16-21(29)12-13-27(20,5)24(26)15-19(4)28(22,23)6;1-4-15(3)10-6-5-9(7-10)12(15)11-8(2)13(16)18-14(11)17/h15-24,26-27,31H,8-14H2,1-7H3;17-24,26,29H,7-16H2,1-6H3;8-12H,4-7H2,1-3H3/t;17-,18-,19+,20-,21-,22-,23?,24+,26+,27+,28-;/m.1./s1. The Morgan fingerprint density at radius 3 is 2.03 bits per heavy atom. The number of aliphatic hydroxyl groups is 2. The van der Waals surface area contributed by atoms with E-state index in [9.17, 15) is 39.0 Å². The molecule has 19 unspecified atom stereocenters. The number of fused-ring (bicyclic) bond motifs is 11. The smallest absolute Gasteiger partial charge is 0.317 e. The fourth-order valence-corrected chi connectivity index (χ4v) is 23.9. The maximum absolute atomic E-state index is 13.0. The molecule has 0 spiro atoms. The Hall–Kier alpha value is -3.10. The topological polar surface area (TPSA) is 198 Å². The van der Waals surface area contributed by atoms with E-state index in [0.29, 0.717) is 83.0 Å². The van der Waals surface area contributed by atoms with Gasteiger partial charge in [-0.1, -0.05) is 75.7 Å². The molecule has 0 aromatic rings. The number of carbonyl (C=O) groups excluding carboxylic acids is 6. The molecule has 0 amide bonds. The van der Waals surface area contributed by atoms with Gasteiger partial charge in [0.05, 0.1) is 56.0 Å². The number of hydrogen-bond acceptors (Lipinski definition) is 14. The van der Waals surface area contributed by atoms with E-state index in [-0.39, 0.29) is 90.1 Å². The lowest BCUT2D eigenvalue weighted by atomic mass is 9.40. The van der Waals surface area contributed by atoms with Gasteiger partial charge >= 0.3 is 35.8 Å². The van der Waals surface area contributed by atoms with Crippen LogP contribution in [0.15, 0.2) is 0 Å². The van der Waals surface area contributed by atoms with Gasteiger partial charge in [-0.2, -0.15) is 0 Å². The normalized spacial score (nSPS) is 46.0. The molecular weight excluding hydrogens is 1100 g/mol. The summed E-state index contributed by atoms with van der Waals surface area (Å²) in [4.78, 5) is 73.7. The molecule has 2 N–H and O–H groups in total. The Morgan fingerprint density at radius 1 is 0.724 bits per heavy atom. The van der Waals surface area contributed by atoms with Crippen LogP contribution in [0.3, 0.4) is 0 Å². The minimum Gasteiger partial charge on any atom is -0.469 e. The molecule has 11 fully saturated rings. The van der Waals surface area contributed by atoms with Crippen LogP contribution in [0, 0.1) is 158 Å². The van der Waals surface area contributed by atoms with Crippen LogP contribution in [0.4, 0.5) is 0 Å². The summed E-state index contributed by atoms with van der Waals surface area (Å²) in [5, 5.41) is 21.4. The third-order valence-corrected chi connectivity index (χ3v) is 28.3. The number of esters is 6. The number of hydrogen-bond donors (Lipinski definition) is 2. The molecule has 10 aliphatic carbocycles. The van der Waals surface area contributed by atoms with Crippen LogP contribution in [0.2, 0.25) is 0 Å². The molecule has 14 nitrogen and oxygen atoms in total. The predicted molar refractivity (Wildman–Crippen MR) is 331 cm³/mol. The third kappa shape index (κ3) is 12.8. The molecule has 0 aromatic heterocycles. The average molecular weight is 1220 g/mol. The third-order valence-electron chi connectivity index (χ3n) is 28.3. The molecule has 11 rings (SSSR count). The summed E-state index contributed by atoms with van der Waals surface area (Å²) in [6.07, 6.45) is 19.4. The fourth-order valence-electron chi connectivity index (χ4n) is 23.9. The molecule has 1 aliphatic heterocycles. The van der Waals surface area contributed by atoms with Crippen LogP contribution in [0.1, 0.15) is 219 Å². The second kappa shape index (κ2) is 26.9. The van der Waals surface area contributed by atoms with Gasteiger partial charge in [-0.15, -0.1) is 0 Å². The molecule has 87 heavy (non-hydrogen) atoms. The molecule has 10 saturated carbocycles. The maximum Gasteiger partial charge on any atom is 0.317 e. The van der Waals surface area contributed by atoms with Crippen LogP contribution in [-0.2, 0) is 57.2 Å². The predicted octanol–water partition coefficient (Wildman–Crippen LogP) is 13.5. The molecular formula is C73H118O14. The summed E-state index contributed by atoms with van der Waals surface area (Å²) in [5.41, 5.74) is 0.507. The maximum atomic E-state index is 13.0. The van der Waals surface area contributed by atoms with E-state index < -0.39 is 23.5 Å². The number of cyclic esters (lactones) is 2. The van der Waals surface area contributed by atoms with E-state index in [0.717, 1.165) is 99.2 Å². The largest absolute Gasteiger partial charge is 0.469 e. The summed E-state index contributed by atoms with van der Waals surface area (Å²) in [6, 6.07) is 0. The monoisotopic (exact) mass is 1220 g/mol. The van der Waals surface area contributed by atoms with Crippen LogP contribution < -0.4 is 0 Å². The van der Waals surface area contributed by atoms with Gasteiger partial charge in [-0.05, 0) is 265 Å². The van der Waals surface area contributed by atoms with E-state index in [2.05, 4.69) is 62.3 Å². The highest BCUT2D eigenvalue weighted by Crippen LogP contribution is 2.72. The number of carbonyl (C=O) groups is 6. The fraction of sp³-hybridized carbons (Fsp3) is 0.918. The van der Waals surface area contributed by atoms with Crippen molar-refractivity contribution in [3.8, 4) is 0 Å². The van der Waals surface area contributed by atoms with E-state index in [1.54, 1.807) is 0 Å². The molecule has 0 radical (unpaired) electrons. The van der Waals surface area contributed by atoms with Crippen molar-refractivity contribution in [3.63, 3.8) is 0 Å². The van der Waals surface area contributed by atoms with Gasteiger partial charge in [0.25, 0.3) is 0 Å². The van der Waals surface area contributed by atoms with E-state index in [1.165, 1.54) is 65.6 Å². The van der Waals surface area contributed by atoms with Gasteiger partial charge in [0, 0.05) is 13.5 Å². The lowest BCUT2D eigenvalue weighted by Crippen LogP contribution is -2.58. The van der Waals surface area contributed by atoms with Crippen molar-refractivity contribution in [2.75, 3.05) is 27.6 Å². The van der Waals surface area contributed by atoms with Gasteiger partial charge in [0.1, 0.15) is 5.60 Å². The summed E-state index contributed by atoms with van der Waals surface area (Å²) in [7, 11) is 2.86. The summed E-state index contributed by atoms with van der Waals surface area (Å²) >= 11 is 0. The molecule has 14 heteroatoms. The van der Waals surface area contributed by atoms with Crippen LogP contribution >= 0.6 is 0 Å². The van der Waals surface area contributed by atoms with Crippen molar-refractivity contribution in [2.24, 2.45) is 158 Å². The summed E-state index contributed by atoms with van der Waals surface area (Å²) in [6.45, 7) is 31.5. The number of ether oxygens (including phenoxy) is 6. The molecule has 0 aromatic carbocycles. The van der Waals surface area contributed by atoms with Crippen molar-refractivity contribution in [1.29, 1.82) is 0 Å². The highest BCUT2D eigenvalue weighted by Gasteiger charge is 2.66.